The highest BCUT2D eigenvalue weighted by Crippen LogP contribution is 2.21. The summed E-state index contributed by atoms with van der Waals surface area (Å²) in [7, 11) is 0. The zero-order chi connectivity index (χ0) is 5.40. The molecule has 1 heteroatoms. The van der Waals surface area contributed by atoms with Crippen LogP contribution in [0.5, 0.6) is 0 Å². The maximum absolute atomic E-state index is 3.29. The van der Waals surface area contributed by atoms with Gasteiger partial charge in [0.15, 0.2) is 0 Å². The number of nitrogens with one attached hydrogen (secondary N) is 1. The van der Waals surface area contributed by atoms with E-state index >= 15 is 0 Å². The number of hydrogen-bond acceptors (Lipinski definition) is 1. The molecule has 1 nitrogen and oxygen atoms in total. The molecule has 8 heavy (non-hydrogen) atoms. The van der Waals surface area contributed by atoms with Crippen LogP contribution in [0.15, 0.2) is 23.3 Å². The lowest BCUT2D eigenvalue weighted by Crippen LogP contribution is -2.05. The van der Waals surface area contributed by atoms with Gasteiger partial charge in [0.05, 0.1) is 0 Å². The molecule has 2 rings (SSSR count). The smallest absolute Gasteiger partial charge is 0.0208 e. The fraction of sp³-hybridized carbons (Fsp3) is 0.429. The highest BCUT2D eigenvalue weighted by Gasteiger charge is 2.14. The zero-order valence-electron chi connectivity index (χ0n) is 4.78. The SMILES string of the molecule is C1=C2CNCC2=CC1.[HH]. The fourth-order valence-corrected chi connectivity index (χ4v) is 1.31. The van der Waals surface area contributed by atoms with Crippen LogP contribution in [0.25, 0.3) is 0 Å². The summed E-state index contributed by atoms with van der Waals surface area (Å²) in [5, 5.41) is 3.29. The zero-order valence-corrected chi connectivity index (χ0v) is 4.78. The number of rotatable bonds is 0. The lowest BCUT2D eigenvalue weighted by Gasteiger charge is -1.85. The highest BCUT2D eigenvalue weighted by atomic mass is 14.9. The second-order valence-corrected chi connectivity index (χ2v) is 2.30. The number of hydrogen-bond donors (Lipinski definition) is 1. The quantitative estimate of drug-likeness (QED) is 0.491. The summed E-state index contributed by atoms with van der Waals surface area (Å²) >= 11 is 0. The molecule has 0 saturated carbocycles. The predicted octanol–water partition coefficient (Wildman–Crippen LogP) is 1.09. The van der Waals surface area contributed by atoms with Crippen molar-refractivity contribution in [3.63, 3.8) is 0 Å². The van der Waals surface area contributed by atoms with Gasteiger partial charge in [-0.2, -0.15) is 0 Å². The molecule has 1 heterocycles. The van der Waals surface area contributed by atoms with E-state index in [-0.39, 0.29) is 1.43 Å². The van der Waals surface area contributed by atoms with Gasteiger partial charge in [0.1, 0.15) is 0 Å². The van der Waals surface area contributed by atoms with Gasteiger partial charge in [-0.05, 0) is 17.6 Å². The minimum absolute atomic E-state index is 0. The minimum atomic E-state index is 0. The van der Waals surface area contributed by atoms with Crippen molar-refractivity contribution in [3.05, 3.63) is 23.3 Å². The van der Waals surface area contributed by atoms with E-state index in [1.807, 2.05) is 0 Å². The van der Waals surface area contributed by atoms with Gasteiger partial charge in [-0.15, -0.1) is 0 Å². The van der Waals surface area contributed by atoms with E-state index in [0.29, 0.717) is 0 Å². The van der Waals surface area contributed by atoms with Crippen LogP contribution in [0, 0.1) is 0 Å². The predicted molar refractivity (Wildman–Crippen MR) is 35.8 cm³/mol. The summed E-state index contributed by atoms with van der Waals surface area (Å²) in [6, 6.07) is 0. The average Bonchev–Trinajstić information content (AvgIpc) is 2.15. The molecular formula is C7H11N. The molecule has 0 radical (unpaired) electrons. The van der Waals surface area contributed by atoms with Crippen molar-refractivity contribution in [3.8, 4) is 0 Å². The van der Waals surface area contributed by atoms with Crippen LogP contribution in [0.1, 0.15) is 7.85 Å². The molecule has 0 aromatic carbocycles. The second kappa shape index (κ2) is 1.46. The topological polar surface area (TPSA) is 12.0 Å². The van der Waals surface area contributed by atoms with Gasteiger partial charge in [0.25, 0.3) is 0 Å². The molecule has 0 unspecified atom stereocenters. The van der Waals surface area contributed by atoms with E-state index in [1.54, 1.807) is 0 Å². The molecule has 0 spiro atoms. The summed E-state index contributed by atoms with van der Waals surface area (Å²) in [5.74, 6) is 0. The molecule has 1 N–H and O–H groups in total. The van der Waals surface area contributed by atoms with Crippen LogP contribution in [0.3, 0.4) is 0 Å². The second-order valence-electron chi connectivity index (χ2n) is 2.30. The minimum Gasteiger partial charge on any atom is -0.309 e. The lowest BCUT2D eigenvalue weighted by molar-refractivity contribution is 0.890. The Morgan fingerprint density at radius 1 is 1.25 bits per heavy atom. The first-order chi connectivity index (χ1) is 3.97. The summed E-state index contributed by atoms with van der Waals surface area (Å²) in [4.78, 5) is 0. The Morgan fingerprint density at radius 3 is 2.50 bits per heavy atom. The average molecular weight is 109 g/mol. The summed E-state index contributed by atoms with van der Waals surface area (Å²) < 4.78 is 0. The first kappa shape index (κ1) is 4.33. The largest absolute Gasteiger partial charge is 0.309 e. The first-order valence-corrected chi connectivity index (χ1v) is 3.06. The Morgan fingerprint density at radius 2 is 1.88 bits per heavy atom. The van der Waals surface area contributed by atoms with E-state index < -0.39 is 0 Å². The molecule has 1 fully saturated rings. The van der Waals surface area contributed by atoms with Crippen molar-refractivity contribution in [2.75, 3.05) is 13.1 Å². The number of allylic oxidation sites excluding steroid dienone is 2. The third-order valence-electron chi connectivity index (χ3n) is 1.77. The standard InChI is InChI=1S/C7H9N.H2/c1-2-6-4-8-5-7(6)3-1;/h2-3,8H,1,4-5H2;1H. The van der Waals surface area contributed by atoms with Gasteiger partial charge in [-0.25, -0.2) is 0 Å². The van der Waals surface area contributed by atoms with Crippen LogP contribution >= 0.6 is 0 Å². The third kappa shape index (κ3) is 0.450. The van der Waals surface area contributed by atoms with Crippen molar-refractivity contribution in [2.45, 2.75) is 6.42 Å². The van der Waals surface area contributed by atoms with Gasteiger partial charge in [-0.1, -0.05) is 12.2 Å². The first-order valence-electron chi connectivity index (χ1n) is 3.06. The molecule has 0 amide bonds. The Kier molecular flexibility index (Phi) is 0.788. The molecule has 0 aromatic rings. The maximum atomic E-state index is 3.29. The molecular weight excluding hydrogens is 98.1 g/mol. The third-order valence-corrected chi connectivity index (χ3v) is 1.77. The van der Waals surface area contributed by atoms with Crippen LogP contribution in [-0.4, -0.2) is 13.1 Å². The van der Waals surface area contributed by atoms with E-state index in [4.69, 9.17) is 0 Å². The van der Waals surface area contributed by atoms with Crippen LogP contribution in [-0.2, 0) is 0 Å². The van der Waals surface area contributed by atoms with Crippen LogP contribution < -0.4 is 5.32 Å². The van der Waals surface area contributed by atoms with Crippen LogP contribution in [0.4, 0.5) is 0 Å². The Balaban J connectivity index is 0.000000405. The van der Waals surface area contributed by atoms with Gasteiger partial charge in [-0.3, -0.25) is 0 Å². The van der Waals surface area contributed by atoms with Gasteiger partial charge >= 0.3 is 0 Å². The molecule has 0 aromatic heterocycles. The number of fused-ring (bicyclic) bond motifs is 1. The van der Waals surface area contributed by atoms with Crippen molar-refractivity contribution in [1.29, 1.82) is 0 Å². The summed E-state index contributed by atoms with van der Waals surface area (Å²) in [6.45, 7) is 2.21. The van der Waals surface area contributed by atoms with E-state index in [1.165, 1.54) is 17.6 Å². The Labute approximate surface area is 50.6 Å². The van der Waals surface area contributed by atoms with E-state index in [2.05, 4.69) is 17.5 Å². The maximum Gasteiger partial charge on any atom is 0.0208 e. The van der Waals surface area contributed by atoms with Crippen molar-refractivity contribution in [2.24, 2.45) is 0 Å². The van der Waals surface area contributed by atoms with Gasteiger partial charge in [0, 0.05) is 14.5 Å². The molecule has 0 atom stereocenters. The Hall–Kier alpha value is -0.560. The van der Waals surface area contributed by atoms with Crippen molar-refractivity contribution in [1.82, 2.24) is 5.32 Å². The highest BCUT2D eigenvalue weighted by molar-refractivity contribution is 5.42. The fourth-order valence-electron chi connectivity index (χ4n) is 1.31. The lowest BCUT2D eigenvalue weighted by atomic mass is 10.2. The van der Waals surface area contributed by atoms with Gasteiger partial charge in [0.2, 0.25) is 0 Å². The molecule has 0 bridgehead atoms. The molecule has 1 aliphatic carbocycles. The summed E-state index contributed by atoms with van der Waals surface area (Å²) in [6.07, 6.45) is 5.77. The van der Waals surface area contributed by atoms with Gasteiger partial charge < -0.3 is 5.32 Å². The molecule has 44 valence electrons. The van der Waals surface area contributed by atoms with Crippen molar-refractivity contribution >= 4 is 0 Å². The molecule has 1 aliphatic heterocycles. The summed E-state index contributed by atoms with van der Waals surface area (Å²) in [5.41, 5.74) is 3.06. The normalized spacial score (nSPS) is 25.0. The molecule has 2 aliphatic rings. The monoisotopic (exact) mass is 109 g/mol. The van der Waals surface area contributed by atoms with E-state index in [9.17, 15) is 0 Å². The Bertz CT molecular complexity index is 152. The van der Waals surface area contributed by atoms with Crippen molar-refractivity contribution < 1.29 is 1.43 Å². The molecule has 1 saturated heterocycles. The van der Waals surface area contributed by atoms with Crippen LogP contribution in [0.2, 0.25) is 0 Å². The van der Waals surface area contributed by atoms with E-state index in [0.717, 1.165) is 13.1 Å².